The van der Waals surface area contributed by atoms with Crippen molar-refractivity contribution in [3.63, 3.8) is 0 Å². The number of rotatable bonds is 9. The van der Waals surface area contributed by atoms with Crippen LogP contribution >= 0.6 is 37.8 Å². The molecule has 0 spiro atoms. The number of hydrogen-bond acceptors (Lipinski definition) is 9. The van der Waals surface area contributed by atoms with Crippen LogP contribution in [0.15, 0.2) is 29.9 Å². The lowest BCUT2D eigenvalue weighted by Crippen LogP contribution is -2.26. The SMILES string of the molecule is Cc1sc(-c2ccncc2)nc1CCN(C)c1csc(C(OP2(=O)N[C@@H](C)[C@H](C)N2)P2(=O)N[C@@H](C)[C@H](C)N2)n1. The second-order valence-corrected chi connectivity index (χ2v) is 16.5. The minimum atomic E-state index is -3.44. The Bertz CT molecular complexity index is 1370. The van der Waals surface area contributed by atoms with Crippen LogP contribution in [0, 0.1) is 6.92 Å². The topological polar surface area (TPSA) is 133 Å². The zero-order valence-corrected chi connectivity index (χ0v) is 26.3. The van der Waals surface area contributed by atoms with Gasteiger partial charge in [0.2, 0.25) is 7.44 Å². The fraction of sp³-hybridized carbons (Fsp3) is 0.542. The Labute approximate surface area is 237 Å². The minimum Gasteiger partial charge on any atom is -0.359 e. The van der Waals surface area contributed by atoms with Crippen molar-refractivity contribution >= 4 is 43.6 Å². The highest BCUT2D eigenvalue weighted by atomic mass is 32.1. The molecular formula is C24H36N8O3P2S2. The molecule has 0 amide bonds. The summed E-state index contributed by atoms with van der Waals surface area (Å²) in [5.74, 6) is -0.269. The molecule has 39 heavy (non-hydrogen) atoms. The predicted octanol–water partition coefficient (Wildman–Crippen LogP) is 4.90. The van der Waals surface area contributed by atoms with Crippen molar-refractivity contribution in [1.82, 2.24) is 35.3 Å². The Balaban J connectivity index is 1.33. The molecule has 3 aromatic rings. The minimum absolute atomic E-state index is 0.0364. The van der Waals surface area contributed by atoms with Gasteiger partial charge in [-0.1, -0.05) is 0 Å². The summed E-state index contributed by atoms with van der Waals surface area (Å²) in [7, 11) is -4.79. The first kappa shape index (κ1) is 29.0. The standard InChI is InChI=1S/C24H36N8O3P2S2/c1-14-15(2)29-36(33,28-14)24(35-37(34)30-16(3)17(4)31-37)23-27-21(13-38-23)32(6)12-9-20-18(5)39-22(26-20)19-7-10-25-11-8-19/h7-8,10-11,13-17,24H,9,12H2,1-6H3,(H2,28,29,33)(H2,30,31,34)/t14-,15-,16-,17-,24?/m0/s1. The third-order valence-corrected chi connectivity index (χ3v) is 14.1. The van der Waals surface area contributed by atoms with Crippen molar-refractivity contribution in [2.45, 2.75) is 71.1 Å². The molecule has 2 aliphatic heterocycles. The predicted molar refractivity (Wildman–Crippen MR) is 159 cm³/mol. The molecule has 0 aliphatic carbocycles. The zero-order chi connectivity index (χ0) is 27.9. The summed E-state index contributed by atoms with van der Waals surface area (Å²) in [5.41, 5.74) is 2.12. The lowest BCUT2D eigenvalue weighted by atomic mass is 10.2. The van der Waals surface area contributed by atoms with Gasteiger partial charge in [0.15, 0.2) is 5.85 Å². The monoisotopic (exact) mass is 610 g/mol. The Kier molecular flexibility index (Phi) is 8.46. The molecule has 0 saturated carbocycles. The summed E-state index contributed by atoms with van der Waals surface area (Å²) in [6.45, 7) is 10.6. The van der Waals surface area contributed by atoms with Crippen LogP contribution in [0.1, 0.15) is 49.1 Å². The van der Waals surface area contributed by atoms with Crippen molar-refractivity contribution in [3.8, 4) is 10.6 Å². The average molecular weight is 611 g/mol. The van der Waals surface area contributed by atoms with Crippen LogP contribution in [-0.2, 0) is 20.1 Å². The zero-order valence-electron chi connectivity index (χ0n) is 22.9. The molecule has 0 radical (unpaired) electrons. The smallest absolute Gasteiger partial charge is 0.342 e. The van der Waals surface area contributed by atoms with Gasteiger partial charge in [0.25, 0.3) is 0 Å². The molecule has 1 unspecified atom stereocenters. The molecule has 0 bridgehead atoms. The molecule has 4 N–H and O–H groups in total. The number of aromatic nitrogens is 3. The number of likely N-dealkylation sites (N-methyl/N-ethyl adjacent to an activating group) is 1. The van der Waals surface area contributed by atoms with Crippen LogP contribution < -0.4 is 25.2 Å². The molecule has 11 nitrogen and oxygen atoms in total. The summed E-state index contributed by atoms with van der Waals surface area (Å²) in [4.78, 5) is 17.0. The lowest BCUT2D eigenvalue weighted by molar-refractivity contribution is 0.265. The van der Waals surface area contributed by atoms with Crippen molar-refractivity contribution in [2.75, 3.05) is 18.5 Å². The fourth-order valence-electron chi connectivity index (χ4n) is 4.50. The highest BCUT2D eigenvalue weighted by Crippen LogP contribution is 2.63. The number of hydrogen-bond donors (Lipinski definition) is 4. The van der Waals surface area contributed by atoms with E-state index in [4.69, 9.17) is 14.5 Å². The van der Waals surface area contributed by atoms with Gasteiger partial charge < -0.3 is 4.90 Å². The molecule has 2 saturated heterocycles. The van der Waals surface area contributed by atoms with Gasteiger partial charge in [-0.05, 0) is 46.8 Å². The normalized spacial score (nSPS) is 26.6. The van der Waals surface area contributed by atoms with Crippen molar-refractivity contribution in [3.05, 3.63) is 45.5 Å². The van der Waals surface area contributed by atoms with E-state index in [1.54, 1.807) is 23.7 Å². The van der Waals surface area contributed by atoms with E-state index in [2.05, 4.69) is 37.2 Å². The second kappa shape index (κ2) is 11.4. The number of nitrogens with zero attached hydrogens (tertiary/aromatic N) is 4. The van der Waals surface area contributed by atoms with Gasteiger partial charge in [-0.25, -0.2) is 30.3 Å². The second-order valence-electron chi connectivity index (χ2n) is 10.3. The van der Waals surface area contributed by atoms with E-state index in [0.717, 1.165) is 28.5 Å². The van der Waals surface area contributed by atoms with Crippen LogP contribution in [0.5, 0.6) is 0 Å². The van der Waals surface area contributed by atoms with Crippen LogP contribution in [0.25, 0.3) is 10.6 Å². The van der Waals surface area contributed by atoms with Gasteiger partial charge in [0, 0.05) is 72.4 Å². The van der Waals surface area contributed by atoms with Gasteiger partial charge in [-0.2, -0.15) is 0 Å². The molecule has 15 heteroatoms. The van der Waals surface area contributed by atoms with E-state index in [0.29, 0.717) is 11.6 Å². The van der Waals surface area contributed by atoms with E-state index < -0.39 is 21.0 Å². The van der Waals surface area contributed by atoms with Gasteiger partial charge in [0.05, 0.1) is 5.69 Å². The first-order valence-corrected chi connectivity index (χ1v) is 18.1. The summed E-state index contributed by atoms with van der Waals surface area (Å²) >= 11 is 3.04. The number of aryl methyl sites for hydroxylation is 1. The van der Waals surface area contributed by atoms with Gasteiger partial charge in [-0.3, -0.25) is 18.6 Å². The van der Waals surface area contributed by atoms with E-state index >= 15 is 0 Å². The van der Waals surface area contributed by atoms with Gasteiger partial charge in [0.1, 0.15) is 15.8 Å². The molecule has 212 valence electrons. The first-order valence-electron chi connectivity index (χ1n) is 13.0. The highest BCUT2D eigenvalue weighted by Gasteiger charge is 2.50. The highest BCUT2D eigenvalue weighted by molar-refractivity contribution is 7.62. The average Bonchev–Trinajstić information content (AvgIpc) is 3.64. The van der Waals surface area contributed by atoms with Crippen LogP contribution in [0.2, 0.25) is 0 Å². The number of pyridine rings is 1. The molecule has 5 rings (SSSR count). The lowest BCUT2D eigenvalue weighted by Gasteiger charge is -2.26. The van der Waals surface area contributed by atoms with Crippen LogP contribution in [0.4, 0.5) is 5.82 Å². The molecule has 5 heterocycles. The molecule has 2 fully saturated rings. The van der Waals surface area contributed by atoms with E-state index in [-0.39, 0.29) is 24.2 Å². The maximum atomic E-state index is 14.1. The van der Waals surface area contributed by atoms with Crippen molar-refractivity contribution in [2.24, 2.45) is 0 Å². The first-order chi connectivity index (χ1) is 18.5. The quantitative estimate of drug-likeness (QED) is 0.247. The Morgan fingerprint density at radius 1 is 1.00 bits per heavy atom. The molecule has 0 aromatic carbocycles. The number of anilines is 1. The Morgan fingerprint density at radius 2 is 1.62 bits per heavy atom. The van der Waals surface area contributed by atoms with E-state index in [1.165, 1.54) is 16.2 Å². The molecule has 3 aromatic heterocycles. The van der Waals surface area contributed by atoms with Gasteiger partial charge >= 0.3 is 7.67 Å². The third kappa shape index (κ3) is 6.22. The maximum absolute atomic E-state index is 14.1. The third-order valence-electron chi connectivity index (χ3n) is 7.23. The van der Waals surface area contributed by atoms with E-state index in [9.17, 15) is 9.13 Å². The summed E-state index contributed by atoms with van der Waals surface area (Å²) in [5, 5.41) is 15.9. The Hall–Kier alpha value is -1.53. The summed E-state index contributed by atoms with van der Waals surface area (Å²) in [6.07, 6.45) is 4.31. The summed E-state index contributed by atoms with van der Waals surface area (Å²) < 4.78 is 33.8. The molecular weight excluding hydrogens is 574 g/mol. The fourth-order valence-corrected chi connectivity index (χ4v) is 12.3. The number of thiazole rings is 2. The van der Waals surface area contributed by atoms with E-state index in [1.807, 2.05) is 52.3 Å². The molecule has 2 aliphatic rings. The van der Waals surface area contributed by atoms with Crippen LogP contribution in [-0.4, -0.2) is 52.7 Å². The maximum Gasteiger partial charge on any atom is 0.342 e. The molecule has 5 atom stereocenters. The van der Waals surface area contributed by atoms with Crippen molar-refractivity contribution in [1.29, 1.82) is 0 Å². The largest absolute Gasteiger partial charge is 0.359 e. The van der Waals surface area contributed by atoms with Crippen molar-refractivity contribution < 1.29 is 13.7 Å². The van der Waals surface area contributed by atoms with Crippen LogP contribution in [0.3, 0.4) is 0 Å². The summed E-state index contributed by atoms with van der Waals surface area (Å²) in [6, 6.07) is 3.77. The van der Waals surface area contributed by atoms with Gasteiger partial charge in [-0.15, -0.1) is 22.7 Å². The Morgan fingerprint density at radius 3 is 2.26 bits per heavy atom. The number of nitrogens with one attached hydrogen (secondary N) is 4.